The molecule has 0 aliphatic heterocycles. The second-order valence-corrected chi connectivity index (χ2v) is 9.90. The van der Waals surface area contributed by atoms with Gasteiger partial charge in [0.25, 0.3) is 0 Å². The molecule has 1 nitrogen and oxygen atoms in total. The van der Waals surface area contributed by atoms with Crippen molar-refractivity contribution in [2.24, 2.45) is 0 Å². The fraction of sp³-hybridized carbons (Fsp3) is 0.474. The molecule has 0 saturated heterocycles. The van der Waals surface area contributed by atoms with E-state index >= 15 is 0 Å². The van der Waals surface area contributed by atoms with Crippen LogP contribution in [0.25, 0.3) is 5.69 Å². The number of rotatable bonds is 5. The second-order valence-electron chi connectivity index (χ2n) is 6.04. The van der Waals surface area contributed by atoms with Crippen molar-refractivity contribution < 1.29 is 77.8 Å². The smallest absolute Gasteiger partial charge is 0 e. The summed E-state index contributed by atoms with van der Waals surface area (Å²) < 4.78 is 3.48. The molecule has 123 valence electrons. The van der Waals surface area contributed by atoms with E-state index in [1.54, 1.807) is 0 Å². The van der Waals surface area contributed by atoms with E-state index in [1.807, 2.05) is 11.8 Å². The third-order valence-corrected chi connectivity index (χ3v) is 8.53. The van der Waals surface area contributed by atoms with Crippen LogP contribution >= 0.6 is 11.8 Å². The van der Waals surface area contributed by atoms with Gasteiger partial charge in [0.1, 0.15) is 0 Å². The van der Waals surface area contributed by atoms with Crippen LogP contribution in [0.2, 0.25) is 0 Å². The van der Waals surface area contributed by atoms with Gasteiger partial charge in [-0.3, -0.25) is 0 Å². The van der Waals surface area contributed by atoms with E-state index in [9.17, 15) is 0 Å². The van der Waals surface area contributed by atoms with Gasteiger partial charge in [-0.05, 0) is 0 Å². The summed E-state index contributed by atoms with van der Waals surface area (Å²) in [6.45, 7) is 13.4. The van der Waals surface area contributed by atoms with E-state index < -0.39 is 0 Å². The van der Waals surface area contributed by atoms with Crippen molar-refractivity contribution in [1.29, 1.82) is 0 Å². The van der Waals surface area contributed by atoms with Crippen LogP contribution in [0.5, 0.6) is 0 Å². The monoisotopic (exact) mass is 860 g/mol. The van der Waals surface area contributed by atoms with Crippen LogP contribution < -0.4 is 3.07 Å². The molecule has 0 amide bonds. The molecule has 0 aliphatic rings. The number of hydrogen-bond acceptors (Lipinski definition) is 1. The standard InChI is InChI=1S/C19H24NS.2Hf.Hg/c1-7-8-11-21-19-16(5)14(3)18(15(4)17(19)6)20-10-9-13(2)12-20;;;/h7-8,11H2,1-6H3;;;/q-2;;;. The molecule has 0 aliphatic carbocycles. The van der Waals surface area contributed by atoms with E-state index in [2.05, 4.69) is 58.5 Å². The first-order valence-corrected chi connectivity index (χ1v) is 11.7. The van der Waals surface area contributed by atoms with E-state index in [1.165, 1.54) is 60.1 Å². The molecule has 0 bridgehead atoms. The maximum Gasteiger partial charge on any atom is 0 e. The van der Waals surface area contributed by atoms with Crippen LogP contribution in [0.15, 0.2) is 4.90 Å². The number of unbranched alkanes of at least 4 members (excludes halogenated alkanes) is 1. The predicted octanol–water partition coefficient (Wildman–Crippen LogP) is 4.68. The summed E-state index contributed by atoms with van der Waals surface area (Å²) in [5.41, 5.74) is 8.14. The third kappa shape index (κ3) is 5.51. The van der Waals surface area contributed by atoms with Gasteiger partial charge >= 0.3 is 156 Å². The quantitative estimate of drug-likeness (QED) is 0.183. The van der Waals surface area contributed by atoms with Crippen LogP contribution in [-0.2, 0) is 77.8 Å². The maximum absolute atomic E-state index is 3.51. The van der Waals surface area contributed by atoms with Crippen LogP contribution in [-0.4, -0.2) is 10.3 Å². The normalized spacial score (nSPS) is 10.3. The van der Waals surface area contributed by atoms with Crippen LogP contribution in [0.4, 0.5) is 0 Å². The SMILES string of the molecule is CCCCSc1c(C)c(C)c(-n2[c-]c(C)[c]([Hg])[c-]2)c(C)c1C.[Hf].[Hf]. The molecule has 5 heteroatoms. The van der Waals surface area contributed by atoms with Crippen LogP contribution in [0.3, 0.4) is 0 Å². The summed E-state index contributed by atoms with van der Waals surface area (Å²) in [6.07, 6.45) is 9.53. The second kappa shape index (κ2) is 11.4. The zero-order valence-corrected chi connectivity index (χ0v) is 29.2. The number of benzene rings is 1. The summed E-state index contributed by atoms with van der Waals surface area (Å²) in [5, 5.41) is 0. The summed E-state index contributed by atoms with van der Waals surface area (Å²) in [6, 6.07) is 0. The van der Waals surface area contributed by atoms with Gasteiger partial charge in [0.15, 0.2) is 0 Å². The Balaban J connectivity index is 0.00000264. The largest absolute Gasteiger partial charge is 0 e. The molecule has 0 radical (unpaired) electrons. The molecular weight excluding hydrogens is 832 g/mol. The minimum absolute atomic E-state index is 0. The molecule has 1 aromatic carbocycles. The van der Waals surface area contributed by atoms with Gasteiger partial charge < -0.3 is 0 Å². The summed E-state index contributed by atoms with van der Waals surface area (Å²) in [4.78, 5) is 1.48. The molecule has 0 unspecified atom stereocenters. The molecule has 0 atom stereocenters. The molecular formula is C19H24Hf2HgNS-2. The van der Waals surface area contributed by atoms with Crippen LogP contribution in [0, 0.1) is 47.0 Å². The average molecular weight is 856 g/mol. The fourth-order valence-corrected chi connectivity index (χ4v) is 5.02. The predicted molar refractivity (Wildman–Crippen MR) is 92.4 cm³/mol. The Morgan fingerprint density at radius 3 is 1.88 bits per heavy atom. The van der Waals surface area contributed by atoms with Crippen molar-refractivity contribution in [3.05, 3.63) is 40.2 Å². The Morgan fingerprint density at radius 1 is 0.917 bits per heavy atom. The minimum atomic E-state index is 0. The minimum Gasteiger partial charge on any atom is 0 e. The first kappa shape index (κ1) is 25.5. The van der Waals surface area contributed by atoms with Crippen molar-refractivity contribution in [3.63, 3.8) is 0 Å². The first-order chi connectivity index (χ1) is 10.4. The van der Waals surface area contributed by atoms with Gasteiger partial charge in [0.05, 0.1) is 0 Å². The molecule has 2 rings (SSSR count). The van der Waals surface area contributed by atoms with Gasteiger partial charge in [0.2, 0.25) is 0 Å². The number of thioether (sulfide) groups is 1. The van der Waals surface area contributed by atoms with Gasteiger partial charge in [-0.1, -0.05) is 0 Å². The van der Waals surface area contributed by atoms with Crippen LogP contribution in [0.1, 0.15) is 47.6 Å². The number of aromatic nitrogens is 1. The molecule has 1 heterocycles. The number of aryl methyl sites for hydroxylation is 1. The third-order valence-electron chi connectivity index (χ3n) is 4.46. The summed E-state index contributed by atoms with van der Waals surface area (Å²) in [7, 11) is 0. The Labute approximate surface area is 205 Å². The molecule has 0 N–H and O–H groups in total. The van der Waals surface area contributed by atoms with Gasteiger partial charge in [-0.2, -0.15) is 0 Å². The van der Waals surface area contributed by atoms with E-state index in [0.29, 0.717) is 26.1 Å². The number of nitrogens with zero attached hydrogens (tertiary/aromatic N) is 1. The van der Waals surface area contributed by atoms with Crippen molar-refractivity contribution in [2.45, 2.75) is 59.3 Å². The van der Waals surface area contributed by atoms with Gasteiger partial charge in [-0.15, -0.1) is 0 Å². The fourth-order valence-electron chi connectivity index (χ4n) is 2.72. The molecule has 1 aromatic heterocycles. The first-order valence-electron chi connectivity index (χ1n) is 7.97. The molecule has 0 spiro atoms. The van der Waals surface area contributed by atoms with Crippen molar-refractivity contribution in [2.75, 3.05) is 5.75 Å². The van der Waals surface area contributed by atoms with Crippen molar-refractivity contribution in [1.82, 2.24) is 4.57 Å². The zero-order chi connectivity index (χ0) is 16.4. The Bertz CT molecular complexity index is 647. The zero-order valence-electron chi connectivity index (χ0n) is 15.7. The number of hydrogen-bond donors (Lipinski definition) is 0. The van der Waals surface area contributed by atoms with Gasteiger partial charge in [0, 0.05) is 51.7 Å². The Kier molecular flexibility index (Phi) is 12.1. The Hall–Kier alpha value is 1.53. The molecule has 2 aromatic rings. The maximum atomic E-state index is 3.51. The van der Waals surface area contributed by atoms with Gasteiger partial charge in [-0.25, -0.2) is 0 Å². The topological polar surface area (TPSA) is 4.93 Å². The molecule has 24 heavy (non-hydrogen) atoms. The van der Waals surface area contributed by atoms with Crippen molar-refractivity contribution >= 4 is 14.8 Å². The van der Waals surface area contributed by atoms with Crippen molar-refractivity contribution in [3.8, 4) is 5.69 Å². The molecule has 0 saturated carbocycles. The summed E-state index contributed by atoms with van der Waals surface area (Å²) in [5.74, 6) is 1.21. The van der Waals surface area contributed by atoms with E-state index in [0.717, 1.165) is 0 Å². The van der Waals surface area contributed by atoms with E-state index in [4.69, 9.17) is 0 Å². The summed E-state index contributed by atoms with van der Waals surface area (Å²) >= 11 is 2.62. The molecule has 0 fully saturated rings. The van der Waals surface area contributed by atoms with E-state index in [-0.39, 0.29) is 51.7 Å². The Morgan fingerprint density at radius 2 is 1.46 bits per heavy atom. The average Bonchev–Trinajstić information content (AvgIpc) is 2.80.